The SMILES string of the molecule is CN(C)S(=O)(=O)c1ccc(S(N)(=O)=O)cc1-c1ccccc1. The molecule has 0 bridgehead atoms. The minimum atomic E-state index is -3.92. The highest BCUT2D eigenvalue weighted by Gasteiger charge is 2.23. The van der Waals surface area contributed by atoms with Gasteiger partial charge in [0.05, 0.1) is 9.79 Å². The van der Waals surface area contributed by atoms with E-state index in [2.05, 4.69) is 0 Å². The van der Waals surface area contributed by atoms with E-state index in [4.69, 9.17) is 5.14 Å². The van der Waals surface area contributed by atoms with Gasteiger partial charge in [-0.3, -0.25) is 0 Å². The number of nitrogens with two attached hydrogens (primary N) is 1. The van der Waals surface area contributed by atoms with E-state index in [1.807, 2.05) is 0 Å². The van der Waals surface area contributed by atoms with E-state index in [0.29, 0.717) is 11.1 Å². The number of hydrogen-bond acceptors (Lipinski definition) is 4. The number of hydrogen-bond donors (Lipinski definition) is 1. The monoisotopic (exact) mass is 340 g/mol. The third kappa shape index (κ3) is 3.20. The Labute approximate surface area is 130 Å². The first-order valence-corrected chi connectivity index (χ1v) is 9.27. The molecule has 0 aromatic heterocycles. The van der Waals surface area contributed by atoms with Crippen LogP contribution >= 0.6 is 0 Å². The van der Waals surface area contributed by atoms with Crippen LogP contribution in [-0.4, -0.2) is 35.2 Å². The Kier molecular flexibility index (Phi) is 4.39. The van der Waals surface area contributed by atoms with E-state index >= 15 is 0 Å². The highest BCUT2D eigenvalue weighted by Crippen LogP contribution is 2.30. The number of rotatable bonds is 4. The lowest BCUT2D eigenvalue weighted by molar-refractivity contribution is 0.521. The maximum Gasteiger partial charge on any atom is 0.243 e. The molecule has 0 unspecified atom stereocenters. The Bertz CT molecular complexity index is 890. The van der Waals surface area contributed by atoms with Gasteiger partial charge in [-0.2, -0.15) is 0 Å². The van der Waals surface area contributed by atoms with Gasteiger partial charge in [0.1, 0.15) is 0 Å². The van der Waals surface area contributed by atoms with Crippen LogP contribution in [0.15, 0.2) is 58.3 Å². The highest BCUT2D eigenvalue weighted by molar-refractivity contribution is 7.89. The molecule has 22 heavy (non-hydrogen) atoms. The van der Waals surface area contributed by atoms with Gasteiger partial charge >= 0.3 is 0 Å². The summed E-state index contributed by atoms with van der Waals surface area (Å²) >= 11 is 0. The molecule has 0 heterocycles. The summed E-state index contributed by atoms with van der Waals surface area (Å²) in [6.07, 6.45) is 0. The summed E-state index contributed by atoms with van der Waals surface area (Å²) in [4.78, 5) is -0.111. The molecule has 2 aromatic rings. The molecule has 0 spiro atoms. The molecule has 0 amide bonds. The zero-order chi connectivity index (χ0) is 16.5. The molecule has 6 nitrogen and oxygen atoms in total. The van der Waals surface area contributed by atoms with Gasteiger partial charge in [0.15, 0.2) is 0 Å². The van der Waals surface area contributed by atoms with Crippen molar-refractivity contribution >= 4 is 20.0 Å². The van der Waals surface area contributed by atoms with Gasteiger partial charge in [-0.15, -0.1) is 0 Å². The lowest BCUT2D eigenvalue weighted by Crippen LogP contribution is -2.23. The normalized spacial score (nSPS) is 12.5. The fourth-order valence-electron chi connectivity index (χ4n) is 1.95. The van der Waals surface area contributed by atoms with Gasteiger partial charge in [0, 0.05) is 19.7 Å². The molecule has 0 aliphatic heterocycles. The Morgan fingerprint density at radius 2 is 1.50 bits per heavy atom. The van der Waals surface area contributed by atoms with Crippen LogP contribution in [0.4, 0.5) is 0 Å². The molecule has 8 heteroatoms. The van der Waals surface area contributed by atoms with E-state index in [0.717, 1.165) is 4.31 Å². The first kappa shape index (κ1) is 16.6. The van der Waals surface area contributed by atoms with Crippen LogP contribution in [0.5, 0.6) is 0 Å². The summed E-state index contributed by atoms with van der Waals surface area (Å²) < 4.78 is 49.0. The molecular weight excluding hydrogens is 324 g/mol. The Balaban J connectivity index is 2.81. The summed E-state index contributed by atoms with van der Waals surface area (Å²) in [5, 5.41) is 5.14. The molecule has 0 atom stereocenters. The zero-order valence-corrected chi connectivity index (χ0v) is 13.7. The number of primary sulfonamides is 1. The Morgan fingerprint density at radius 1 is 0.909 bits per heavy atom. The Morgan fingerprint density at radius 3 is 2.00 bits per heavy atom. The molecule has 2 aromatic carbocycles. The molecule has 0 radical (unpaired) electrons. The number of benzene rings is 2. The van der Waals surface area contributed by atoms with E-state index in [1.165, 1.54) is 32.3 Å². The van der Waals surface area contributed by atoms with Crippen molar-refractivity contribution in [3.8, 4) is 11.1 Å². The standard InChI is InChI=1S/C14H16N2O4S2/c1-16(2)22(19,20)14-9-8-12(21(15,17)18)10-13(14)11-6-4-3-5-7-11/h3-10H,1-2H3,(H2,15,17,18). The third-order valence-corrected chi connectivity index (χ3v) is 5.91. The summed E-state index contributed by atoms with van der Waals surface area (Å²) in [5.74, 6) is 0. The molecular formula is C14H16N2O4S2. The summed E-state index contributed by atoms with van der Waals surface area (Å²) in [6.45, 7) is 0. The van der Waals surface area contributed by atoms with Crippen molar-refractivity contribution in [2.24, 2.45) is 5.14 Å². The lowest BCUT2D eigenvalue weighted by atomic mass is 10.1. The van der Waals surface area contributed by atoms with Crippen LogP contribution in [0.1, 0.15) is 0 Å². The molecule has 0 fully saturated rings. The topological polar surface area (TPSA) is 97.5 Å². The van der Waals surface area contributed by atoms with Crippen molar-refractivity contribution in [3.05, 3.63) is 48.5 Å². The molecule has 2 N–H and O–H groups in total. The number of sulfonamides is 2. The lowest BCUT2D eigenvalue weighted by Gasteiger charge is -2.16. The minimum Gasteiger partial charge on any atom is -0.225 e. The van der Waals surface area contributed by atoms with E-state index in [9.17, 15) is 16.8 Å². The van der Waals surface area contributed by atoms with E-state index in [1.54, 1.807) is 30.3 Å². The highest BCUT2D eigenvalue weighted by atomic mass is 32.2. The molecule has 2 rings (SSSR count). The number of nitrogens with zero attached hydrogens (tertiary/aromatic N) is 1. The van der Waals surface area contributed by atoms with Crippen LogP contribution in [-0.2, 0) is 20.0 Å². The summed E-state index contributed by atoms with van der Waals surface area (Å²) in [5.41, 5.74) is 0.884. The molecule has 118 valence electrons. The van der Waals surface area contributed by atoms with Crippen molar-refractivity contribution in [2.75, 3.05) is 14.1 Å². The molecule has 0 saturated carbocycles. The molecule has 0 saturated heterocycles. The maximum atomic E-state index is 12.4. The molecule has 0 aliphatic carbocycles. The van der Waals surface area contributed by atoms with Crippen molar-refractivity contribution in [2.45, 2.75) is 9.79 Å². The van der Waals surface area contributed by atoms with E-state index in [-0.39, 0.29) is 9.79 Å². The first-order valence-electron chi connectivity index (χ1n) is 6.29. The predicted octanol–water partition coefficient (Wildman–Crippen LogP) is 1.25. The predicted molar refractivity (Wildman–Crippen MR) is 84.1 cm³/mol. The van der Waals surface area contributed by atoms with Gasteiger partial charge in [-0.1, -0.05) is 30.3 Å². The van der Waals surface area contributed by atoms with Gasteiger partial charge in [-0.25, -0.2) is 26.3 Å². The Hall–Kier alpha value is -1.74. The van der Waals surface area contributed by atoms with E-state index < -0.39 is 20.0 Å². The van der Waals surface area contributed by atoms with Crippen molar-refractivity contribution in [1.82, 2.24) is 4.31 Å². The second-order valence-corrected chi connectivity index (χ2v) is 8.54. The van der Waals surface area contributed by atoms with Gasteiger partial charge in [-0.05, 0) is 23.8 Å². The quantitative estimate of drug-likeness (QED) is 0.905. The largest absolute Gasteiger partial charge is 0.243 e. The minimum absolute atomic E-state index is 0.0242. The van der Waals surface area contributed by atoms with Crippen LogP contribution in [0, 0.1) is 0 Å². The van der Waals surface area contributed by atoms with Gasteiger partial charge in [0.25, 0.3) is 0 Å². The third-order valence-electron chi connectivity index (χ3n) is 3.12. The average Bonchev–Trinajstić information content (AvgIpc) is 2.46. The van der Waals surface area contributed by atoms with Crippen LogP contribution in [0.25, 0.3) is 11.1 Å². The summed E-state index contributed by atoms with van der Waals surface area (Å²) in [6, 6.07) is 12.4. The van der Waals surface area contributed by atoms with Gasteiger partial charge in [0.2, 0.25) is 20.0 Å². The summed E-state index contributed by atoms with van der Waals surface area (Å²) in [7, 11) is -4.82. The second kappa shape index (κ2) is 5.81. The van der Waals surface area contributed by atoms with Crippen LogP contribution in [0.3, 0.4) is 0 Å². The van der Waals surface area contributed by atoms with Crippen molar-refractivity contribution < 1.29 is 16.8 Å². The first-order chi connectivity index (χ1) is 10.1. The zero-order valence-electron chi connectivity index (χ0n) is 12.1. The molecule has 0 aliphatic rings. The second-order valence-electron chi connectivity index (χ2n) is 4.86. The average molecular weight is 340 g/mol. The van der Waals surface area contributed by atoms with Crippen LogP contribution < -0.4 is 5.14 Å². The smallest absolute Gasteiger partial charge is 0.225 e. The maximum absolute atomic E-state index is 12.4. The van der Waals surface area contributed by atoms with Crippen molar-refractivity contribution in [1.29, 1.82) is 0 Å². The van der Waals surface area contributed by atoms with Crippen molar-refractivity contribution in [3.63, 3.8) is 0 Å². The fourth-order valence-corrected chi connectivity index (χ4v) is 3.58. The van der Waals surface area contributed by atoms with Crippen LogP contribution in [0.2, 0.25) is 0 Å². The fraction of sp³-hybridized carbons (Fsp3) is 0.143. The van der Waals surface area contributed by atoms with Gasteiger partial charge < -0.3 is 0 Å².